The van der Waals surface area contributed by atoms with Crippen LogP contribution in [0.5, 0.6) is 0 Å². The SMILES string of the molecule is c1ccc(COC(c2ccccc2)C2CCN2C(c2ccccc2)c2ccccc2)cc1. The lowest BCUT2D eigenvalue weighted by atomic mass is 9.86. The third-order valence-electron chi connectivity index (χ3n) is 6.42. The zero-order valence-corrected chi connectivity index (χ0v) is 18.3. The van der Waals surface area contributed by atoms with E-state index in [2.05, 4.69) is 126 Å². The molecule has 32 heavy (non-hydrogen) atoms. The van der Waals surface area contributed by atoms with Crippen LogP contribution in [0, 0.1) is 0 Å². The lowest BCUT2D eigenvalue weighted by Crippen LogP contribution is -2.53. The number of hydrogen-bond acceptors (Lipinski definition) is 2. The van der Waals surface area contributed by atoms with E-state index in [0.29, 0.717) is 12.6 Å². The van der Waals surface area contributed by atoms with E-state index < -0.39 is 0 Å². The van der Waals surface area contributed by atoms with Crippen molar-refractivity contribution in [3.8, 4) is 0 Å². The van der Waals surface area contributed by atoms with Crippen LogP contribution in [-0.4, -0.2) is 17.5 Å². The van der Waals surface area contributed by atoms with Gasteiger partial charge < -0.3 is 4.74 Å². The molecule has 1 aliphatic rings. The van der Waals surface area contributed by atoms with E-state index in [0.717, 1.165) is 13.0 Å². The summed E-state index contributed by atoms with van der Waals surface area (Å²) in [5.74, 6) is 0. The van der Waals surface area contributed by atoms with E-state index in [9.17, 15) is 0 Å². The summed E-state index contributed by atoms with van der Waals surface area (Å²) in [4.78, 5) is 2.62. The summed E-state index contributed by atoms with van der Waals surface area (Å²) in [7, 11) is 0. The average Bonchev–Trinajstić information content (AvgIpc) is 2.86. The van der Waals surface area contributed by atoms with Crippen molar-refractivity contribution in [3.05, 3.63) is 144 Å². The summed E-state index contributed by atoms with van der Waals surface area (Å²) in [5, 5.41) is 0. The molecule has 2 nitrogen and oxygen atoms in total. The number of likely N-dealkylation sites (tertiary alicyclic amines) is 1. The van der Waals surface area contributed by atoms with Crippen molar-refractivity contribution in [1.29, 1.82) is 0 Å². The Morgan fingerprint density at radius 1 is 0.625 bits per heavy atom. The molecule has 1 aliphatic heterocycles. The van der Waals surface area contributed by atoms with Gasteiger partial charge in [0, 0.05) is 12.6 Å². The van der Waals surface area contributed by atoms with E-state index in [1.165, 1.54) is 22.3 Å². The van der Waals surface area contributed by atoms with Crippen molar-refractivity contribution < 1.29 is 4.74 Å². The fourth-order valence-electron chi connectivity index (χ4n) is 4.75. The molecule has 4 aromatic carbocycles. The van der Waals surface area contributed by atoms with Crippen LogP contribution in [0.1, 0.15) is 40.8 Å². The molecule has 0 radical (unpaired) electrons. The van der Waals surface area contributed by atoms with Gasteiger partial charge in [0.2, 0.25) is 0 Å². The topological polar surface area (TPSA) is 12.5 Å². The van der Waals surface area contributed by atoms with Crippen molar-refractivity contribution in [1.82, 2.24) is 4.90 Å². The highest BCUT2D eigenvalue weighted by Crippen LogP contribution is 2.42. The van der Waals surface area contributed by atoms with Gasteiger partial charge in [0.25, 0.3) is 0 Å². The van der Waals surface area contributed by atoms with Crippen LogP contribution in [-0.2, 0) is 11.3 Å². The monoisotopic (exact) mass is 419 g/mol. The van der Waals surface area contributed by atoms with Crippen LogP contribution in [0.2, 0.25) is 0 Å². The molecule has 1 saturated heterocycles. The highest BCUT2D eigenvalue weighted by molar-refractivity contribution is 5.33. The first-order chi connectivity index (χ1) is 15.9. The predicted molar refractivity (Wildman–Crippen MR) is 130 cm³/mol. The fraction of sp³-hybridized carbons (Fsp3) is 0.200. The van der Waals surface area contributed by atoms with E-state index in [1.54, 1.807) is 0 Å². The third kappa shape index (κ3) is 4.52. The summed E-state index contributed by atoms with van der Waals surface area (Å²) in [6.45, 7) is 1.68. The molecule has 0 bridgehead atoms. The van der Waals surface area contributed by atoms with Gasteiger partial charge >= 0.3 is 0 Å². The molecule has 2 unspecified atom stereocenters. The largest absolute Gasteiger partial charge is 0.367 e. The zero-order chi connectivity index (χ0) is 21.6. The van der Waals surface area contributed by atoms with Gasteiger partial charge in [-0.3, -0.25) is 4.90 Å². The summed E-state index contributed by atoms with van der Waals surface area (Å²) in [6, 6.07) is 43.5. The molecule has 2 heteroatoms. The second-order valence-corrected chi connectivity index (χ2v) is 8.45. The molecule has 0 spiro atoms. The minimum atomic E-state index is 0.0279. The van der Waals surface area contributed by atoms with Gasteiger partial charge in [0.05, 0.1) is 18.8 Å². The van der Waals surface area contributed by atoms with Gasteiger partial charge in [-0.2, -0.15) is 0 Å². The maximum atomic E-state index is 6.63. The molecule has 4 aromatic rings. The lowest BCUT2D eigenvalue weighted by Gasteiger charge is -2.49. The quantitative estimate of drug-likeness (QED) is 0.311. The van der Waals surface area contributed by atoms with Crippen LogP contribution >= 0.6 is 0 Å². The first kappa shape index (κ1) is 20.7. The summed E-state index contributed by atoms with van der Waals surface area (Å²) in [6.07, 6.45) is 1.16. The first-order valence-corrected chi connectivity index (χ1v) is 11.5. The Morgan fingerprint density at radius 3 is 1.56 bits per heavy atom. The highest BCUT2D eigenvalue weighted by atomic mass is 16.5. The van der Waals surface area contributed by atoms with Gasteiger partial charge in [0.15, 0.2) is 0 Å². The summed E-state index contributed by atoms with van der Waals surface area (Å²) in [5.41, 5.74) is 5.12. The predicted octanol–water partition coefficient (Wildman–Crippen LogP) is 6.81. The van der Waals surface area contributed by atoms with E-state index in [-0.39, 0.29) is 12.1 Å². The van der Waals surface area contributed by atoms with Gasteiger partial charge in [-0.05, 0) is 28.7 Å². The minimum Gasteiger partial charge on any atom is -0.367 e. The van der Waals surface area contributed by atoms with Crippen molar-refractivity contribution in [2.45, 2.75) is 31.2 Å². The van der Waals surface area contributed by atoms with Crippen molar-refractivity contribution in [2.75, 3.05) is 6.54 Å². The van der Waals surface area contributed by atoms with Crippen LogP contribution in [0.25, 0.3) is 0 Å². The van der Waals surface area contributed by atoms with Gasteiger partial charge in [0.1, 0.15) is 0 Å². The fourth-order valence-corrected chi connectivity index (χ4v) is 4.75. The standard InChI is InChI=1S/C30H29NO/c1-5-13-24(14-6-1)23-32-30(27-19-11-4-12-20-27)28-21-22-31(28)29(25-15-7-2-8-16-25)26-17-9-3-10-18-26/h1-20,28-30H,21-23H2. The van der Waals surface area contributed by atoms with E-state index >= 15 is 0 Å². The Balaban J connectivity index is 1.46. The minimum absolute atomic E-state index is 0.0279. The number of ether oxygens (including phenoxy) is 1. The number of hydrogen-bond donors (Lipinski definition) is 0. The number of nitrogens with zero attached hydrogens (tertiary/aromatic N) is 1. The molecule has 0 aromatic heterocycles. The Bertz CT molecular complexity index is 1040. The van der Waals surface area contributed by atoms with Crippen molar-refractivity contribution in [2.24, 2.45) is 0 Å². The molecule has 0 N–H and O–H groups in total. The van der Waals surface area contributed by atoms with Gasteiger partial charge in [-0.15, -0.1) is 0 Å². The van der Waals surface area contributed by atoms with E-state index in [1.807, 2.05) is 0 Å². The summed E-state index contributed by atoms with van der Waals surface area (Å²) >= 11 is 0. The maximum absolute atomic E-state index is 6.63. The lowest BCUT2D eigenvalue weighted by molar-refractivity contribution is -0.0784. The van der Waals surface area contributed by atoms with Crippen LogP contribution in [0.15, 0.2) is 121 Å². The molecule has 160 valence electrons. The zero-order valence-electron chi connectivity index (χ0n) is 18.3. The Hall–Kier alpha value is -3.20. The smallest absolute Gasteiger partial charge is 0.0985 e. The molecular weight excluding hydrogens is 390 g/mol. The number of benzene rings is 4. The second kappa shape index (κ2) is 9.95. The summed E-state index contributed by atoms with van der Waals surface area (Å²) < 4.78 is 6.63. The molecule has 1 heterocycles. The Labute approximate surface area is 191 Å². The molecular formula is C30H29NO. The molecule has 0 amide bonds. The van der Waals surface area contributed by atoms with Crippen molar-refractivity contribution in [3.63, 3.8) is 0 Å². The van der Waals surface area contributed by atoms with Crippen LogP contribution in [0.4, 0.5) is 0 Å². The van der Waals surface area contributed by atoms with Crippen LogP contribution < -0.4 is 0 Å². The Kier molecular flexibility index (Phi) is 6.43. The normalized spacial score (nSPS) is 17.1. The molecule has 0 saturated carbocycles. The van der Waals surface area contributed by atoms with E-state index in [4.69, 9.17) is 4.74 Å². The molecule has 1 fully saturated rings. The third-order valence-corrected chi connectivity index (χ3v) is 6.42. The van der Waals surface area contributed by atoms with Gasteiger partial charge in [-0.25, -0.2) is 0 Å². The molecule has 2 atom stereocenters. The van der Waals surface area contributed by atoms with Gasteiger partial charge in [-0.1, -0.05) is 121 Å². The maximum Gasteiger partial charge on any atom is 0.0985 e. The average molecular weight is 420 g/mol. The van der Waals surface area contributed by atoms with Crippen LogP contribution in [0.3, 0.4) is 0 Å². The number of rotatable bonds is 8. The highest BCUT2D eigenvalue weighted by Gasteiger charge is 2.41. The molecule has 5 rings (SSSR count). The first-order valence-electron chi connectivity index (χ1n) is 11.5. The molecule has 0 aliphatic carbocycles. The Morgan fingerprint density at radius 2 is 1.09 bits per heavy atom. The van der Waals surface area contributed by atoms with Crippen molar-refractivity contribution >= 4 is 0 Å². The second-order valence-electron chi connectivity index (χ2n) is 8.45.